The van der Waals surface area contributed by atoms with Crippen LogP contribution in [0.25, 0.3) is 0 Å². The number of nitrogens with one attached hydrogen (secondary N) is 2. The molecule has 2 N–H and O–H groups in total. The second-order valence-electron chi connectivity index (χ2n) is 5.94. The molecule has 0 saturated carbocycles. The lowest BCUT2D eigenvalue weighted by molar-refractivity contribution is -0.116. The average Bonchev–Trinajstić information content (AvgIpc) is 3.08. The Hall–Kier alpha value is -1.88. The maximum atomic E-state index is 12.3. The van der Waals surface area contributed by atoms with Crippen molar-refractivity contribution in [1.82, 2.24) is 10.2 Å². The Labute approximate surface area is 138 Å². The molecule has 0 aromatic heterocycles. The van der Waals surface area contributed by atoms with Crippen LogP contribution in [0, 0.1) is 0 Å². The van der Waals surface area contributed by atoms with Crippen LogP contribution in [0.2, 0.25) is 0 Å². The summed E-state index contributed by atoms with van der Waals surface area (Å²) in [5.74, 6) is 0.00685. The third-order valence-corrected chi connectivity index (χ3v) is 4.33. The number of anilines is 1. The Morgan fingerprint density at radius 2 is 2.09 bits per heavy atom. The van der Waals surface area contributed by atoms with Gasteiger partial charge in [0.25, 0.3) is 5.91 Å². The fourth-order valence-electron chi connectivity index (χ4n) is 2.96. The molecule has 5 heteroatoms. The lowest BCUT2D eigenvalue weighted by atomic mass is 10.1. The van der Waals surface area contributed by atoms with E-state index in [0.29, 0.717) is 36.8 Å². The van der Waals surface area contributed by atoms with Crippen LogP contribution in [-0.2, 0) is 4.79 Å². The van der Waals surface area contributed by atoms with E-state index in [2.05, 4.69) is 10.6 Å². The molecule has 1 aliphatic heterocycles. The van der Waals surface area contributed by atoms with Gasteiger partial charge >= 0.3 is 0 Å². The summed E-state index contributed by atoms with van der Waals surface area (Å²) in [6.07, 6.45) is 3.72. The summed E-state index contributed by atoms with van der Waals surface area (Å²) in [5.41, 5.74) is 1.30. The number of nitrogens with zero attached hydrogens (tertiary/aromatic N) is 1. The molecule has 2 rings (SSSR count). The quantitative estimate of drug-likeness (QED) is 0.813. The number of amides is 2. The van der Waals surface area contributed by atoms with Gasteiger partial charge in [0.1, 0.15) is 0 Å². The first-order valence-electron chi connectivity index (χ1n) is 8.56. The molecule has 1 saturated heterocycles. The first kappa shape index (κ1) is 17.5. The Morgan fingerprint density at radius 3 is 2.74 bits per heavy atom. The van der Waals surface area contributed by atoms with E-state index in [1.807, 2.05) is 26.0 Å². The number of carbonyl (C=O) groups is 2. The molecule has 23 heavy (non-hydrogen) atoms. The highest BCUT2D eigenvalue weighted by Crippen LogP contribution is 2.15. The van der Waals surface area contributed by atoms with Crippen LogP contribution >= 0.6 is 0 Å². The van der Waals surface area contributed by atoms with Crippen LogP contribution in [0.1, 0.15) is 49.9 Å². The minimum atomic E-state index is 0.00116. The molecule has 0 aliphatic carbocycles. The summed E-state index contributed by atoms with van der Waals surface area (Å²) in [7, 11) is 0. The fraction of sp³-hybridized carbons (Fsp3) is 0.556. The molecule has 126 valence electrons. The lowest BCUT2D eigenvalue weighted by Crippen LogP contribution is -2.30. The molecule has 1 aromatic rings. The molecular weight excluding hydrogens is 290 g/mol. The normalized spacial score (nSPS) is 17.0. The van der Waals surface area contributed by atoms with Crippen molar-refractivity contribution in [3.8, 4) is 0 Å². The van der Waals surface area contributed by atoms with Gasteiger partial charge in [-0.3, -0.25) is 9.59 Å². The summed E-state index contributed by atoms with van der Waals surface area (Å²) < 4.78 is 0. The number of benzene rings is 1. The summed E-state index contributed by atoms with van der Waals surface area (Å²) in [6.45, 7) is 6.34. The van der Waals surface area contributed by atoms with E-state index >= 15 is 0 Å². The molecule has 2 amide bonds. The SMILES string of the molecule is CCN(CC)C(=O)c1cccc(NC(=O)CCC2CCCN2)c1. The Balaban J connectivity index is 1.91. The van der Waals surface area contributed by atoms with Gasteiger partial charge < -0.3 is 15.5 Å². The minimum Gasteiger partial charge on any atom is -0.339 e. The minimum absolute atomic E-state index is 0.00116. The highest BCUT2D eigenvalue weighted by molar-refractivity contribution is 5.97. The van der Waals surface area contributed by atoms with E-state index in [9.17, 15) is 9.59 Å². The van der Waals surface area contributed by atoms with Crippen LogP contribution in [0.3, 0.4) is 0 Å². The van der Waals surface area contributed by atoms with E-state index in [1.54, 1.807) is 17.0 Å². The number of carbonyl (C=O) groups excluding carboxylic acids is 2. The second-order valence-corrected chi connectivity index (χ2v) is 5.94. The number of hydrogen-bond acceptors (Lipinski definition) is 3. The van der Waals surface area contributed by atoms with Crippen molar-refractivity contribution in [2.75, 3.05) is 25.0 Å². The molecule has 1 fully saturated rings. The molecular formula is C18H27N3O2. The van der Waals surface area contributed by atoms with E-state index in [0.717, 1.165) is 19.4 Å². The summed E-state index contributed by atoms with van der Waals surface area (Å²) in [4.78, 5) is 26.2. The van der Waals surface area contributed by atoms with Crippen molar-refractivity contribution in [2.24, 2.45) is 0 Å². The smallest absolute Gasteiger partial charge is 0.253 e. The van der Waals surface area contributed by atoms with Gasteiger partial charge in [-0.25, -0.2) is 0 Å². The first-order chi connectivity index (χ1) is 11.1. The zero-order chi connectivity index (χ0) is 16.7. The summed E-state index contributed by atoms with van der Waals surface area (Å²) in [5, 5.41) is 6.29. The van der Waals surface area contributed by atoms with E-state index < -0.39 is 0 Å². The van der Waals surface area contributed by atoms with Gasteiger partial charge in [-0.1, -0.05) is 6.07 Å². The van der Waals surface area contributed by atoms with Crippen molar-refractivity contribution in [3.05, 3.63) is 29.8 Å². The van der Waals surface area contributed by atoms with Crippen LogP contribution in [-0.4, -0.2) is 42.4 Å². The Bertz CT molecular complexity index is 535. The van der Waals surface area contributed by atoms with Gasteiger partial charge in [0.15, 0.2) is 0 Å². The predicted octanol–water partition coefficient (Wildman–Crippen LogP) is 2.64. The van der Waals surface area contributed by atoms with Gasteiger partial charge in [-0.05, 0) is 57.9 Å². The van der Waals surface area contributed by atoms with Crippen LogP contribution in [0.15, 0.2) is 24.3 Å². The third kappa shape index (κ3) is 5.06. The maximum absolute atomic E-state index is 12.3. The number of hydrogen-bond donors (Lipinski definition) is 2. The highest BCUT2D eigenvalue weighted by atomic mass is 16.2. The van der Waals surface area contributed by atoms with Crippen molar-refractivity contribution >= 4 is 17.5 Å². The van der Waals surface area contributed by atoms with Crippen LogP contribution in [0.4, 0.5) is 5.69 Å². The monoisotopic (exact) mass is 317 g/mol. The Morgan fingerprint density at radius 1 is 1.30 bits per heavy atom. The third-order valence-electron chi connectivity index (χ3n) is 4.33. The zero-order valence-corrected chi connectivity index (χ0v) is 14.1. The van der Waals surface area contributed by atoms with E-state index in [4.69, 9.17) is 0 Å². The maximum Gasteiger partial charge on any atom is 0.253 e. The fourth-order valence-corrected chi connectivity index (χ4v) is 2.96. The molecule has 1 unspecified atom stereocenters. The molecule has 5 nitrogen and oxygen atoms in total. The average molecular weight is 317 g/mol. The molecule has 1 aromatic carbocycles. The van der Waals surface area contributed by atoms with Gasteiger partial charge in [-0.15, -0.1) is 0 Å². The largest absolute Gasteiger partial charge is 0.339 e. The van der Waals surface area contributed by atoms with Gasteiger partial charge in [0, 0.05) is 36.8 Å². The van der Waals surface area contributed by atoms with Gasteiger partial charge in [0.2, 0.25) is 5.91 Å². The van der Waals surface area contributed by atoms with Crippen molar-refractivity contribution < 1.29 is 9.59 Å². The molecule has 0 bridgehead atoms. The lowest BCUT2D eigenvalue weighted by Gasteiger charge is -2.19. The van der Waals surface area contributed by atoms with Crippen LogP contribution in [0.5, 0.6) is 0 Å². The van der Waals surface area contributed by atoms with E-state index in [1.165, 1.54) is 6.42 Å². The molecule has 1 heterocycles. The molecule has 1 aliphatic rings. The molecule has 0 radical (unpaired) electrons. The first-order valence-corrected chi connectivity index (χ1v) is 8.56. The Kier molecular flexibility index (Phi) is 6.59. The molecule has 0 spiro atoms. The van der Waals surface area contributed by atoms with Crippen molar-refractivity contribution in [2.45, 2.75) is 45.6 Å². The topological polar surface area (TPSA) is 61.4 Å². The summed E-state index contributed by atoms with van der Waals surface area (Å²) in [6, 6.07) is 7.65. The second kappa shape index (κ2) is 8.67. The van der Waals surface area contributed by atoms with Crippen molar-refractivity contribution in [3.63, 3.8) is 0 Å². The number of rotatable bonds is 7. The standard InChI is InChI=1S/C18H27N3O2/c1-3-21(4-2)18(23)14-7-5-8-16(13-14)20-17(22)11-10-15-9-6-12-19-15/h5,7-8,13,15,19H,3-4,6,9-12H2,1-2H3,(H,20,22). The zero-order valence-electron chi connectivity index (χ0n) is 14.1. The van der Waals surface area contributed by atoms with Gasteiger partial charge in [0.05, 0.1) is 0 Å². The molecule has 1 atom stereocenters. The van der Waals surface area contributed by atoms with Crippen LogP contribution < -0.4 is 10.6 Å². The van der Waals surface area contributed by atoms with E-state index in [-0.39, 0.29) is 11.8 Å². The summed E-state index contributed by atoms with van der Waals surface area (Å²) >= 11 is 0. The van der Waals surface area contributed by atoms with Crippen molar-refractivity contribution in [1.29, 1.82) is 0 Å². The van der Waals surface area contributed by atoms with Gasteiger partial charge in [-0.2, -0.15) is 0 Å². The predicted molar refractivity (Wildman–Crippen MR) is 92.6 cm³/mol. The highest BCUT2D eigenvalue weighted by Gasteiger charge is 2.16.